The van der Waals surface area contributed by atoms with Gasteiger partial charge in [0, 0.05) is 175 Å². The number of hydrogen-bond acceptors (Lipinski definition) is 17. The lowest BCUT2D eigenvalue weighted by Gasteiger charge is -2.63. The molecule has 0 aromatic heterocycles. The highest BCUT2D eigenvalue weighted by Crippen LogP contribution is 2.62. The maximum Gasteiger partial charge on any atom is 0.335 e. The minimum atomic E-state index is -0.900. The van der Waals surface area contributed by atoms with Gasteiger partial charge in [-0.25, -0.2) is 4.79 Å². The number of benzene rings is 6. The Morgan fingerprint density at radius 2 is 0.904 bits per heavy atom. The molecular formula is C90H105Cl2N11O11. The number of nitrogens with two attached hydrogens (primary N) is 1. The van der Waals surface area contributed by atoms with E-state index < -0.39 is 18.1 Å². The van der Waals surface area contributed by atoms with Crippen molar-refractivity contribution in [1.29, 1.82) is 10.5 Å². The first-order chi connectivity index (χ1) is 53.8. The number of carboxylic acid groups (broad SMARTS) is 1. The summed E-state index contributed by atoms with van der Waals surface area (Å²) >= 11 is 12.3. The van der Waals surface area contributed by atoms with Crippen LogP contribution in [0.1, 0.15) is 197 Å². The van der Waals surface area contributed by atoms with Crippen LogP contribution in [0, 0.1) is 73.9 Å². The van der Waals surface area contributed by atoms with E-state index in [-0.39, 0.29) is 107 Å². The largest absolute Gasteiger partial charge is 0.489 e. The highest BCUT2D eigenvalue weighted by molar-refractivity contribution is 6.32. The third-order valence-electron chi connectivity index (χ3n) is 26.4. The highest BCUT2D eigenvalue weighted by Gasteiger charge is 2.64. The second kappa shape index (κ2) is 32.7. The Labute approximate surface area is 678 Å². The molecule has 2 saturated carbocycles. The van der Waals surface area contributed by atoms with Gasteiger partial charge in [0.15, 0.2) is 5.78 Å². The van der Waals surface area contributed by atoms with Crippen molar-refractivity contribution in [3.05, 3.63) is 176 Å². The van der Waals surface area contributed by atoms with Gasteiger partial charge in [-0.05, 0) is 178 Å². The lowest BCUT2D eigenvalue weighted by molar-refractivity contribution is -0.196. The number of piperidine rings is 4. The molecule has 5 N–H and O–H groups in total. The summed E-state index contributed by atoms with van der Waals surface area (Å²) in [4.78, 5) is 112. The van der Waals surface area contributed by atoms with Gasteiger partial charge < -0.3 is 49.7 Å². The molecule has 16 rings (SSSR count). The van der Waals surface area contributed by atoms with Crippen LogP contribution in [-0.2, 0) is 32.3 Å². The zero-order valence-electron chi connectivity index (χ0n) is 65.6. The minimum absolute atomic E-state index is 0. The molecule has 8 heterocycles. The Morgan fingerprint density at radius 1 is 0.518 bits per heavy atom. The van der Waals surface area contributed by atoms with E-state index in [0.29, 0.717) is 105 Å². The Hall–Kier alpha value is -10.0. The fourth-order valence-corrected chi connectivity index (χ4v) is 20.8. The Kier molecular flexibility index (Phi) is 23.5. The lowest BCUT2D eigenvalue weighted by Crippen LogP contribution is -2.72. The Bertz CT molecular complexity index is 4780. The second-order valence-electron chi connectivity index (χ2n) is 35.1. The van der Waals surface area contributed by atoms with E-state index >= 15 is 0 Å². The molecule has 0 radical (unpaired) electrons. The summed E-state index contributed by atoms with van der Waals surface area (Å²) in [7, 11) is 0. The second-order valence-corrected chi connectivity index (χ2v) is 35.9. The molecule has 2 atom stereocenters. The van der Waals surface area contributed by atoms with E-state index in [1.54, 1.807) is 58.3 Å². The van der Waals surface area contributed by atoms with Crippen LogP contribution in [0.2, 0.25) is 10.0 Å². The van der Waals surface area contributed by atoms with E-state index in [0.717, 1.165) is 117 Å². The fraction of sp³-hybridized carbons (Fsp3) is 0.489. The molecule has 6 aromatic carbocycles. The third kappa shape index (κ3) is 16.1. The maximum atomic E-state index is 13.6. The summed E-state index contributed by atoms with van der Waals surface area (Å²) < 4.78 is 12.5. The number of aromatic carboxylic acids is 1. The lowest BCUT2D eigenvalue weighted by atomic mass is 9.44. The van der Waals surface area contributed by atoms with Gasteiger partial charge in [-0.3, -0.25) is 44.2 Å². The molecule has 0 bridgehead atoms. The van der Waals surface area contributed by atoms with Crippen LogP contribution < -0.4 is 45.4 Å². The Balaban J connectivity index is 0.000000168. The maximum absolute atomic E-state index is 13.6. The number of carbonyl (C=O) groups is 8. The number of imide groups is 2. The summed E-state index contributed by atoms with van der Waals surface area (Å²) in [6.07, 6.45) is 8.53. The van der Waals surface area contributed by atoms with E-state index in [9.17, 15) is 43.6 Å². The zero-order chi connectivity index (χ0) is 80.3. The molecule has 22 nitrogen and oxygen atoms in total. The SMILES string of the molecule is C.CC1(C)C(CC(=O)c2ccc(N3CCC(CC4CN(c5cccc6c5CN(C5CCC(=O)NC5=O)C6=O)C4)CC3)cc2)C(C)(C)C1Oc1ccc(C#N)c(Cl)c1.CC1(C)C(N)C(C)(C)C1Oc1ccc(C#N)c(Cl)c1.O=C1CCC(N2Cc3c(cccc3N3CC(CC4CCN(c5ccc(C(=O)O)cc5)CC4)C3)C2=O)C(=O)N1. The van der Waals surface area contributed by atoms with E-state index in [4.69, 9.17) is 48.8 Å². The van der Waals surface area contributed by atoms with Crippen LogP contribution in [0.25, 0.3) is 0 Å². The summed E-state index contributed by atoms with van der Waals surface area (Å²) in [5, 5.41) is 32.7. The third-order valence-corrected chi connectivity index (χ3v) is 27.1. The first-order valence-electron chi connectivity index (χ1n) is 39.8. The average molecular weight is 1590 g/mol. The number of nitriles is 2. The molecule has 6 saturated heterocycles. The quantitative estimate of drug-likeness (QED) is 0.0459. The fourth-order valence-electron chi connectivity index (χ4n) is 20.4. The van der Waals surface area contributed by atoms with E-state index in [2.05, 4.69) is 116 Å². The molecule has 24 heteroatoms. The number of Topliss-reactive ketones (excluding diaryl/α,β-unsaturated/α-hetero) is 1. The van der Waals surface area contributed by atoms with Gasteiger partial charge in [-0.1, -0.05) is 98.2 Å². The zero-order valence-corrected chi connectivity index (χ0v) is 67.1. The molecule has 2 unspecified atom stereocenters. The molecule has 2 aliphatic carbocycles. The molecule has 600 valence electrons. The van der Waals surface area contributed by atoms with Crippen molar-refractivity contribution >= 4 is 93.1 Å². The van der Waals surface area contributed by atoms with Crippen molar-refractivity contribution in [2.45, 2.75) is 177 Å². The summed E-state index contributed by atoms with van der Waals surface area (Å²) in [6.45, 7) is 25.7. The molecule has 6 amide bonds. The van der Waals surface area contributed by atoms with Crippen molar-refractivity contribution in [3.8, 4) is 23.6 Å². The number of nitrogens with zero attached hydrogens (tertiary/aromatic N) is 8. The monoisotopic (exact) mass is 1590 g/mol. The molecule has 0 spiro atoms. The number of carboxylic acids is 1. The minimum Gasteiger partial charge on any atom is -0.489 e. The number of carbonyl (C=O) groups excluding carboxylic acids is 7. The van der Waals surface area contributed by atoms with Crippen LogP contribution in [0.4, 0.5) is 22.7 Å². The Morgan fingerprint density at radius 3 is 1.27 bits per heavy atom. The van der Waals surface area contributed by atoms with Gasteiger partial charge in [0.1, 0.15) is 47.9 Å². The van der Waals surface area contributed by atoms with Crippen molar-refractivity contribution in [2.75, 3.05) is 72.0 Å². The summed E-state index contributed by atoms with van der Waals surface area (Å²) in [6, 6.07) is 40.3. The predicted octanol–water partition coefficient (Wildman–Crippen LogP) is 14.3. The number of amides is 6. The van der Waals surface area contributed by atoms with Crippen molar-refractivity contribution in [1.82, 2.24) is 20.4 Å². The number of fused-ring (bicyclic) bond motifs is 2. The van der Waals surface area contributed by atoms with E-state index in [1.807, 2.05) is 54.6 Å². The van der Waals surface area contributed by atoms with Crippen LogP contribution in [0.5, 0.6) is 11.5 Å². The van der Waals surface area contributed by atoms with Crippen LogP contribution in [0.3, 0.4) is 0 Å². The summed E-state index contributed by atoms with van der Waals surface area (Å²) in [5.74, 6) is 1.72. The van der Waals surface area contributed by atoms with Gasteiger partial charge in [-0.2, -0.15) is 10.5 Å². The standard InChI is InChI=1S/C45H50ClN5O5.C29H32N4O5.C15H19ClN2O.CH4/c1-44(2)39(45(3,4)43(44)56-32-13-10-30(23-47)35(46)21-32)22-38(52)29-8-11-31(12-9-29)49-18-16-27(17-19-49)20-28-24-50(25-28)36-7-5-6-33-34(36)26-51(42(33)55)37-14-15-40(53)48-41(37)54;34-26-9-8-25(27(35)30-26)33-17-23-22(28(33)36)2-1-3-24(23)32-15-19(16-32)14-18-10-12-31(13-11-18)21-6-4-20(5-7-21)29(37)38;1-14(2)12(18)15(3,4)13(14)19-10-6-5-9(8-17)11(16)7-10;/h5-13,21,27-28,37,39,43H,14-20,22,24-26H2,1-4H3,(H,48,53,54);1-7,18-19,25H,8-17H2,(H,37,38)(H,30,34,35);5-7,12-13H,18H2,1-4H3;1H4. The number of rotatable bonds is 18. The molecule has 8 aliphatic heterocycles. The molecule has 6 aromatic rings. The number of ketones is 1. The van der Waals surface area contributed by atoms with Gasteiger partial charge in [0.25, 0.3) is 11.8 Å². The number of halogens is 2. The van der Waals surface area contributed by atoms with Crippen LogP contribution in [-0.4, -0.2) is 145 Å². The van der Waals surface area contributed by atoms with Gasteiger partial charge >= 0.3 is 5.97 Å². The molecular weight excluding hydrogens is 1480 g/mol. The van der Waals surface area contributed by atoms with Gasteiger partial charge in [-0.15, -0.1) is 0 Å². The van der Waals surface area contributed by atoms with Gasteiger partial charge in [0.05, 0.1) is 26.7 Å². The predicted molar refractivity (Wildman–Crippen MR) is 439 cm³/mol. The first kappa shape index (κ1) is 82.0. The molecule has 114 heavy (non-hydrogen) atoms. The topological polar surface area (TPSA) is 292 Å². The van der Waals surface area contributed by atoms with Crippen molar-refractivity contribution < 1.29 is 52.9 Å². The smallest absolute Gasteiger partial charge is 0.335 e. The van der Waals surface area contributed by atoms with Crippen LogP contribution >= 0.6 is 23.2 Å². The number of ether oxygens (including phenoxy) is 2. The first-order valence-corrected chi connectivity index (χ1v) is 40.6. The molecule has 10 aliphatic rings. The summed E-state index contributed by atoms with van der Waals surface area (Å²) in [5.41, 5.74) is 15.2. The number of nitrogens with one attached hydrogen (secondary N) is 2. The molecule has 8 fully saturated rings. The number of anilines is 4. The van der Waals surface area contributed by atoms with Gasteiger partial charge in [0.2, 0.25) is 23.6 Å². The number of hydrogen-bond donors (Lipinski definition) is 4. The van der Waals surface area contributed by atoms with Crippen molar-refractivity contribution in [2.24, 2.45) is 57.0 Å². The highest BCUT2D eigenvalue weighted by atomic mass is 35.5. The van der Waals surface area contributed by atoms with Crippen LogP contribution in [0.15, 0.2) is 121 Å². The normalized spacial score (nSPS) is 24.0. The van der Waals surface area contributed by atoms with Crippen molar-refractivity contribution in [3.63, 3.8) is 0 Å². The van der Waals surface area contributed by atoms with E-state index in [1.165, 1.54) is 12.8 Å². The average Bonchev–Trinajstić information content (AvgIpc) is 0.919.